The van der Waals surface area contributed by atoms with Crippen molar-refractivity contribution in [3.63, 3.8) is 0 Å². The van der Waals surface area contributed by atoms with Gasteiger partial charge in [-0.1, -0.05) is 15.9 Å². The van der Waals surface area contributed by atoms with Gasteiger partial charge in [0.2, 0.25) is 0 Å². The van der Waals surface area contributed by atoms with Gasteiger partial charge < -0.3 is 5.11 Å². The Morgan fingerprint density at radius 3 is 2.33 bits per heavy atom. The molecule has 21 heavy (non-hydrogen) atoms. The molecule has 3 rings (SSSR count). The number of imidazole rings is 1. The van der Waals surface area contributed by atoms with Gasteiger partial charge in [0.15, 0.2) is 0 Å². The van der Waals surface area contributed by atoms with Crippen molar-refractivity contribution in [1.82, 2.24) is 9.13 Å². The molecular weight excluding hydrogens is 420 g/mol. The molecule has 0 aliphatic heterocycles. The molecule has 1 atom stereocenters. The number of aryl methyl sites for hydroxylation is 2. The number of aromatic nitrogens is 2. The highest BCUT2D eigenvalue weighted by Gasteiger charge is 2.20. The molecule has 0 amide bonds. The summed E-state index contributed by atoms with van der Waals surface area (Å²) in [6.45, 7) is 0. The van der Waals surface area contributed by atoms with Crippen LogP contribution in [-0.2, 0) is 14.1 Å². The quantitative estimate of drug-likeness (QED) is 0.674. The average molecular weight is 432 g/mol. The predicted octanol–water partition coefficient (Wildman–Crippen LogP) is 3.55. The summed E-state index contributed by atoms with van der Waals surface area (Å²) in [5.74, 6) is 0. The van der Waals surface area contributed by atoms with E-state index in [2.05, 4.69) is 31.9 Å². The van der Waals surface area contributed by atoms with Crippen LogP contribution in [0.1, 0.15) is 16.5 Å². The van der Waals surface area contributed by atoms with Crippen molar-refractivity contribution < 1.29 is 5.11 Å². The molecule has 7 heteroatoms. The lowest BCUT2D eigenvalue weighted by molar-refractivity contribution is 0.223. The number of rotatable bonds is 2. The van der Waals surface area contributed by atoms with E-state index in [9.17, 15) is 9.90 Å². The highest BCUT2D eigenvalue weighted by atomic mass is 79.9. The lowest BCUT2D eigenvalue weighted by Crippen LogP contribution is -2.19. The van der Waals surface area contributed by atoms with E-state index in [1.165, 1.54) is 11.3 Å². The van der Waals surface area contributed by atoms with Gasteiger partial charge in [-0.05, 0) is 39.5 Å². The third-order valence-electron chi connectivity index (χ3n) is 3.58. The predicted molar refractivity (Wildman–Crippen MR) is 91.9 cm³/mol. The number of nitrogens with zero attached hydrogens (tertiary/aromatic N) is 2. The van der Waals surface area contributed by atoms with Gasteiger partial charge in [0.25, 0.3) is 0 Å². The fraction of sp³-hybridized carbons (Fsp3) is 0.214. The van der Waals surface area contributed by atoms with Gasteiger partial charge in [-0.2, -0.15) is 0 Å². The number of thiophene rings is 1. The molecule has 0 aliphatic carbocycles. The molecule has 0 saturated carbocycles. The summed E-state index contributed by atoms with van der Waals surface area (Å²) < 4.78 is 4.84. The van der Waals surface area contributed by atoms with Crippen molar-refractivity contribution in [3.8, 4) is 0 Å². The number of fused-ring (bicyclic) bond motifs is 1. The van der Waals surface area contributed by atoms with E-state index in [0.717, 1.165) is 30.4 Å². The van der Waals surface area contributed by atoms with Gasteiger partial charge in [-0.15, -0.1) is 11.3 Å². The van der Waals surface area contributed by atoms with Gasteiger partial charge in [0.05, 0.1) is 15.9 Å². The lowest BCUT2D eigenvalue weighted by atomic mass is 10.1. The molecule has 0 fully saturated rings. The molecule has 0 aliphatic rings. The van der Waals surface area contributed by atoms with Gasteiger partial charge in [-0.3, -0.25) is 9.13 Å². The molecule has 1 N–H and O–H groups in total. The SMILES string of the molecule is Cn1c(=O)n(C)c2cc(C(O)c3sccc3Br)c(Br)cc21. The van der Waals surface area contributed by atoms with Crippen LogP contribution in [0.3, 0.4) is 0 Å². The summed E-state index contributed by atoms with van der Waals surface area (Å²) in [6, 6.07) is 5.64. The van der Waals surface area contributed by atoms with Crippen LogP contribution in [0.15, 0.2) is 37.3 Å². The van der Waals surface area contributed by atoms with Crippen LogP contribution < -0.4 is 5.69 Å². The van der Waals surface area contributed by atoms with Crippen molar-refractivity contribution in [2.45, 2.75) is 6.10 Å². The molecular formula is C14H12Br2N2O2S. The van der Waals surface area contributed by atoms with E-state index in [0.29, 0.717) is 0 Å². The number of benzene rings is 1. The van der Waals surface area contributed by atoms with E-state index in [1.807, 2.05) is 23.6 Å². The Hall–Kier alpha value is -0.890. The minimum atomic E-state index is -0.742. The third kappa shape index (κ3) is 2.32. The van der Waals surface area contributed by atoms with E-state index in [1.54, 1.807) is 23.2 Å². The van der Waals surface area contributed by atoms with Gasteiger partial charge >= 0.3 is 5.69 Å². The van der Waals surface area contributed by atoms with E-state index in [4.69, 9.17) is 0 Å². The number of aliphatic hydroxyl groups is 1. The first-order chi connectivity index (χ1) is 9.91. The monoisotopic (exact) mass is 430 g/mol. The molecule has 4 nitrogen and oxygen atoms in total. The number of hydrogen-bond donors (Lipinski definition) is 1. The molecule has 2 heterocycles. The highest BCUT2D eigenvalue weighted by molar-refractivity contribution is 9.10. The van der Waals surface area contributed by atoms with Gasteiger partial charge in [0, 0.05) is 28.6 Å². The Bertz CT molecular complexity index is 894. The van der Waals surface area contributed by atoms with Crippen LogP contribution >= 0.6 is 43.2 Å². The van der Waals surface area contributed by atoms with Crippen LogP contribution in [0, 0.1) is 0 Å². The number of hydrogen-bond acceptors (Lipinski definition) is 3. The zero-order valence-corrected chi connectivity index (χ0v) is 15.3. The summed E-state index contributed by atoms with van der Waals surface area (Å²) in [7, 11) is 3.47. The fourth-order valence-corrected chi connectivity index (χ4v) is 4.53. The molecule has 2 aromatic heterocycles. The van der Waals surface area contributed by atoms with Crippen LogP contribution in [-0.4, -0.2) is 14.2 Å². The highest BCUT2D eigenvalue weighted by Crippen LogP contribution is 2.37. The Labute approximate surface area is 141 Å². The first-order valence-electron chi connectivity index (χ1n) is 6.17. The standard InChI is InChI=1S/C14H12Br2N2O2S/c1-17-10-5-7(12(19)13-8(15)3-4-21-13)9(16)6-11(10)18(2)14(17)20/h3-6,12,19H,1-2H3. The van der Waals surface area contributed by atoms with Gasteiger partial charge in [-0.25, -0.2) is 4.79 Å². The molecule has 0 radical (unpaired) electrons. The van der Waals surface area contributed by atoms with Crippen molar-refractivity contribution in [3.05, 3.63) is 53.4 Å². The maximum Gasteiger partial charge on any atom is 0.328 e. The molecule has 1 aromatic carbocycles. The second-order valence-corrected chi connectivity index (χ2v) is 7.45. The smallest absolute Gasteiger partial charge is 0.328 e. The fourth-order valence-electron chi connectivity index (χ4n) is 2.39. The molecule has 0 spiro atoms. The first-order valence-corrected chi connectivity index (χ1v) is 8.64. The summed E-state index contributed by atoms with van der Waals surface area (Å²) >= 11 is 8.43. The van der Waals surface area contributed by atoms with E-state index >= 15 is 0 Å². The van der Waals surface area contributed by atoms with Crippen LogP contribution in [0.4, 0.5) is 0 Å². The Morgan fingerprint density at radius 2 is 1.76 bits per heavy atom. The zero-order chi connectivity index (χ0) is 15.3. The lowest BCUT2D eigenvalue weighted by Gasteiger charge is -2.13. The number of aliphatic hydroxyl groups excluding tert-OH is 1. The minimum absolute atomic E-state index is 0.0826. The van der Waals surface area contributed by atoms with Crippen LogP contribution in [0.25, 0.3) is 11.0 Å². The second kappa shape index (κ2) is 5.39. The Kier molecular flexibility index (Phi) is 3.85. The number of halogens is 2. The maximum atomic E-state index is 12.0. The summed E-state index contributed by atoms with van der Waals surface area (Å²) in [6.07, 6.45) is -0.742. The molecule has 3 aromatic rings. The summed E-state index contributed by atoms with van der Waals surface area (Å²) in [4.78, 5) is 12.8. The first kappa shape index (κ1) is 15.0. The average Bonchev–Trinajstić information content (AvgIpc) is 2.97. The third-order valence-corrected chi connectivity index (χ3v) is 6.19. The largest absolute Gasteiger partial charge is 0.383 e. The topological polar surface area (TPSA) is 47.2 Å². The van der Waals surface area contributed by atoms with E-state index < -0.39 is 6.10 Å². The van der Waals surface area contributed by atoms with Crippen LogP contribution in [0.5, 0.6) is 0 Å². The minimum Gasteiger partial charge on any atom is -0.383 e. The van der Waals surface area contributed by atoms with E-state index in [-0.39, 0.29) is 5.69 Å². The molecule has 0 bridgehead atoms. The summed E-state index contributed by atoms with van der Waals surface area (Å²) in [5, 5.41) is 12.5. The zero-order valence-electron chi connectivity index (χ0n) is 11.3. The van der Waals surface area contributed by atoms with Gasteiger partial charge in [0.1, 0.15) is 6.10 Å². The summed E-state index contributed by atoms with van der Waals surface area (Å²) in [5.41, 5.74) is 2.29. The normalized spacial score (nSPS) is 13.0. The molecule has 0 saturated heterocycles. The second-order valence-electron chi connectivity index (χ2n) is 4.80. The Morgan fingerprint density at radius 1 is 1.14 bits per heavy atom. The molecule has 1 unspecified atom stereocenters. The maximum absolute atomic E-state index is 12.0. The van der Waals surface area contributed by atoms with Crippen LogP contribution in [0.2, 0.25) is 0 Å². The Balaban J connectivity index is 2.24. The van der Waals surface area contributed by atoms with Crippen molar-refractivity contribution >= 4 is 54.2 Å². The van der Waals surface area contributed by atoms with Crippen molar-refractivity contribution in [2.75, 3.05) is 0 Å². The molecule has 110 valence electrons. The van der Waals surface area contributed by atoms with Crippen molar-refractivity contribution in [1.29, 1.82) is 0 Å². The van der Waals surface area contributed by atoms with Crippen molar-refractivity contribution in [2.24, 2.45) is 14.1 Å².